The van der Waals surface area contributed by atoms with Crippen molar-refractivity contribution in [1.82, 2.24) is 0 Å². The van der Waals surface area contributed by atoms with Crippen molar-refractivity contribution in [2.75, 3.05) is 0 Å². The van der Waals surface area contributed by atoms with Gasteiger partial charge in [0.15, 0.2) is 6.19 Å². The minimum atomic E-state index is 0. The van der Waals surface area contributed by atoms with Crippen LogP contribution in [0, 0.1) is 47.1 Å². The van der Waals surface area contributed by atoms with Gasteiger partial charge in [0.1, 0.15) is 0 Å². The Balaban J connectivity index is 0. The Hall–Kier alpha value is 0.485. The zero-order valence-corrected chi connectivity index (χ0v) is 5.73. The molecule has 0 saturated heterocycles. The van der Waals surface area contributed by atoms with E-state index in [9.17, 15) is 0 Å². The van der Waals surface area contributed by atoms with E-state index in [2.05, 4.69) is 5.73 Å². The van der Waals surface area contributed by atoms with Gasteiger partial charge in [0.05, 0.1) is 0 Å². The van der Waals surface area contributed by atoms with Crippen molar-refractivity contribution < 1.29 is 35.6 Å². The van der Waals surface area contributed by atoms with E-state index in [-0.39, 0.29) is 35.6 Å². The van der Waals surface area contributed by atoms with Gasteiger partial charge in [0, 0.05) is 35.6 Å². The molecule has 0 aliphatic heterocycles. The van der Waals surface area contributed by atoms with Gasteiger partial charge in [0.25, 0.3) is 0 Å². The van der Waals surface area contributed by atoms with Crippen LogP contribution in [0.2, 0.25) is 0 Å². The molecule has 0 aromatic heterocycles. The molecule has 0 amide bonds. The number of nitriles is 1. The third kappa shape index (κ3) is 23.3. The molecule has 0 unspecified atom stereocenters. The molecular formula is CH2LaN2. The third-order valence-electron chi connectivity index (χ3n) is 0. The van der Waals surface area contributed by atoms with Gasteiger partial charge >= 0.3 is 0 Å². The number of hydrogen-bond donors (Lipinski definition) is 1. The molecule has 0 saturated carbocycles. The van der Waals surface area contributed by atoms with Crippen LogP contribution in [0.25, 0.3) is 0 Å². The normalized spacial score (nSPS) is 1.75. The largest absolute Gasteiger partial charge is 0.337 e. The molecule has 2 N–H and O–H groups in total. The van der Waals surface area contributed by atoms with Crippen LogP contribution in [0.15, 0.2) is 0 Å². The summed E-state index contributed by atoms with van der Waals surface area (Å²) >= 11 is 0. The maximum absolute atomic E-state index is 7.10. The first-order chi connectivity index (χ1) is 1.41. The van der Waals surface area contributed by atoms with Gasteiger partial charge in [-0.2, -0.15) is 5.26 Å². The second kappa shape index (κ2) is 9.76. The monoisotopic (exact) mass is 181 g/mol. The zero-order valence-electron chi connectivity index (χ0n) is 2.10. The van der Waals surface area contributed by atoms with Crippen molar-refractivity contribution in [3.63, 3.8) is 0 Å². The fraction of sp³-hybridized carbons (Fsp3) is 0. The quantitative estimate of drug-likeness (QED) is 0.401. The van der Waals surface area contributed by atoms with Crippen molar-refractivity contribution in [1.29, 1.82) is 5.26 Å². The number of nitrogens with zero attached hydrogens (tertiary/aromatic N) is 1. The smallest absolute Gasteiger partial charge is 0.173 e. The molecule has 2 nitrogen and oxygen atoms in total. The van der Waals surface area contributed by atoms with Crippen molar-refractivity contribution in [2.24, 2.45) is 5.73 Å². The topological polar surface area (TPSA) is 49.8 Å². The molecule has 0 atom stereocenters. The molecule has 0 aliphatic carbocycles. The Morgan fingerprint density at radius 2 is 1.75 bits per heavy atom. The summed E-state index contributed by atoms with van der Waals surface area (Å²) in [6.45, 7) is 0. The summed E-state index contributed by atoms with van der Waals surface area (Å²) in [5, 5.41) is 7.10. The molecule has 0 spiro atoms. The van der Waals surface area contributed by atoms with E-state index in [4.69, 9.17) is 5.26 Å². The predicted molar refractivity (Wildman–Crippen MR) is 9.80 cm³/mol. The average Bonchev–Trinajstić information content (AvgIpc) is 0.918. The summed E-state index contributed by atoms with van der Waals surface area (Å²) in [6, 6.07) is 0. The van der Waals surface area contributed by atoms with Crippen LogP contribution in [0.4, 0.5) is 0 Å². The number of nitrogens with two attached hydrogens (primary N) is 1. The van der Waals surface area contributed by atoms with Gasteiger partial charge in [-0.25, -0.2) is 0 Å². The van der Waals surface area contributed by atoms with Crippen LogP contribution in [0.3, 0.4) is 0 Å². The number of rotatable bonds is 0. The SMILES string of the molecule is N#CN.[La]. The molecular weight excluding hydrogens is 179 g/mol. The molecule has 19 valence electrons. The number of hydrogen-bond acceptors (Lipinski definition) is 2. The van der Waals surface area contributed by atoms with Gasteiger partial charge in [-0.05, 0) is 0 Å². The minimum Gasteiger partial charge on any atom is -0.337 e. The average molecular weight is 181 g/mol. The summed E-state index contributed by atoms with van der Waals surface area (Å²) in [6.07, 6.45) is 1.25. The molecule has 0 fully saturated rings. The van der Waals surface area contributed by atoms with Crippen molar-refractivity contribution in [3.05, 3.63) is 0 Å². The molecule has 0 bridgehead atoms. The van der Waals surface area contributed by atoms with E-state index in [0.717, 1.165) is 0 Å². The fourth-order valence-electron chi connectivity index (χ4n) is 0. The molecule has 0 aliphatic rings. The Morgan fingerprint density at radius 1 is 1.75 bits per heavy atom. The van der Waals surface area contributed by atoms with Crippen molar-refractivity contribution in [3.8, 4) is 6.19 Å². The summed E-state index contributed by atoms with van der Waals surface area (Å²) in [5.74, 6) is 0. The first-order valence-corrected chi connectivity index (χ1v) is 0.512. The van der Waals surface area contributed by atoms with Gasteiger partial charge in [0.2, 0.25) is 0 Å². The maximum atomic E-state index is 7.10. The van der Waals surface area contributed by atoms with Gasteiger partial charge in [-0.15, -0.1) is 0 Å². The van der Waals surface area contributed by atoms with E-state index in [0.29, 0.717) is 0 Å². The maximum Gasteiger partial charge on any atom is 0.173 e. The first-order valence-electron chi connectivity index (χ1n) is 0.512. The second-order valence-electron chi connectivity index (χ2n) is 0.129. The van der Waals surface area contributed by atoms with Crippen LogP contribution in [0.1, 0.15) is 0 Å². The molecule has 0 aromatic carbocycles. The van der Waals surface area contributed by atoms with Crippen LogP contribution in [0.5, 0.6) is 0 Å². The van der Waals surface area contributed by atoms with Crippen LogP contribution in [-0.2, 0) is 0 Å². The van der Waals surface area contributed by atoms with Gasteiger partial charge in [-0.3, -0.25) is 0 Å². The van der Waals surface area contributed by atoms with Gasteiger partial charge in [-0.1, -0.05) is 0 Å². The Morgan fingerprint density at radius 3 is 1.75 bits per heavy atom. The molecule has 1 radical (unpaired) electrons. The third-order valence-corrected chi connectivity index (χ3v) is 0. The summed E-state index contributed by atoms with van der Waals surface area (Å²) in [5.41, 5.74) is 4.15. The van der Waals surface area contributed by atoms with E-state index in [1.54, 1.807) is 0 Å². The standard InChI is InChI=1S/CH2N2.La/c2-1-3;/h2H2;. The minimum absolute atomic E-state index is 0. The van der Waals surface area contributed by atoms with E-state index in [1.807, 2.05) is 0 Å². The van der Waals surface area contributed by atoms with Gasteiger partial charge < -0.3 is 5.73 Å². The predicted octanol–water partition coefficient (Wildman–Crippen LogP) is -0.574. The zero-order chi connectivity index (χ0) is 2.71. The fourth-order valence-corrected chi connectivity index (χ4v) is 0. The Labute approximate surface area is 52.6 Å². The van der Waals surface area contributed by atoms with Crippen molar-refractivity contribution >= 4 is 0 Å². The van der Waals surface area contributed by atoms with E-state index < -0.39 is 0 Å². The summed E-state index contributed by atoms with van der Waals surface area (Å²) in [7, 11) is 0. The summed E-state index contributed by atoms with van der Waals surface area (Å²) in [4.78, 5) is 0. The molecule has 0 heterocycles. The van der Waals surface area contributed by atoms with Crippen LogP contribution in [-0.4, -0.2) is 0 Å². The summed E-state index contributed by atoms with van der Waals surface area (Å²) < 4.78 is 0. The van der Waals surface area contributed by atoms with E-state index in [1.165, 1.54) is 6.19 Å². The van der Waals surface area contributed by atoms with Crippen LogP contribution < -0.4 is 5.73 Å². The Bertz CT molecular complexity index is 27.5. The van der Waals surface area contributed by atoms with Crippen LogP contribution >= 0.6 is 0 Å². The van der Waals surface area contributed by atoms with E-state index >= 15 is 0 Å². The second-order valence-corrected chi connectivity index (χ2v) is 0.129. The molecule has 0 rings (SSSR count). The molecule has 4 heavy (non-hydrogen) atoms. The molecule has 0 aromatic rings. The Kier molecular flexibility index (Phi) is 21.5. The molecule has 3 heteroatoms. The van der Waals surface area contributed by atoms with Crippen molar-refractivity contribution in [2.45, 2.75) is 0 Å². The first kappa shape index (κ1) is 8.82.